The zero-order valence-corrected chi connectivity index (χ0v) is 12.0. The Balaban J connectivity index is 1.78. The molecule has 0 bridgehead atoms. The number of hydrogen-bond acceptors (Lipinski definition) is 2. The van der Waals surface area contributed by atoms with Crippen LogP contribution in [0.15, 0.2) is 40.9 Å². The third-order valence-corrected chi connectivity index (χ3v) is 3.92. The smallest absolute Gasteiger partial charge is 0.0559 e. The summed E-state index contributed by atoms with van der Waals surface area (Å²) < 4.78 is 6.38. The van der Waals surface area contributed by atoms with Crippen molar-refractivity contribution in [3.8, 4) is 0 Å². The highest BCUT2D eigenvalue weighted by Gasteiger charge is 2.32. The van der Waals surface area contributed by atoms with Gasteiger partial charge in [0.05, 0.1) is 13.2 Å². The SMILES string of the molecule is CC1(CNc2ccc3cc(Br)ccc3c2)COC1. The summed E-state index contributed by atoms with van der Waals surface area (Å²) in [5.74, 6) is 0. The molecule has 2 nitrogen and oxygen atoms in total. The van der Waals surface area contributed by atoms with Crippen molar-refractivity contribution in [1.82, 2.24) is 0 Å². The van der Waals surface area contributed by atoms with Gasteiger partial charge >= 0.3 is 0 Å². The minimum absolute atomic E-state index is 0.300. The first kappa shape index (κ1) is 12.0. The van der Waals surface area contributed by atoms with Crippen molar-refractivity contribution < 1.29 is 4.74 Å². The zero-order chi connectivity index (χ0) is 12.6. The van der Waals surface area contributed by atoms with Crippen molar-refractivity contribution in [3.63, 3.8) is 0 Å². The van der Waals surface area contributed by atoms with Gasteiger partial charge in [-0.05, 0) is 35.0 Å². The first-order valence-corrected chi connectivity index (χ1v) is 6.95. The van der Waals surface area contributed by atoms with Crippen LogP contribution in [-0.4, -0.2) is 19.8 Å². The van der Waals surface area contributed by atoms with E-state index in [1.54, 1.807) is 0 Å². The van der Waals surface area contributed by atoms with Gasteiger partial charge < -0.3 is 10.1 Å². The molecule has 0 atom stereocenters. The maximum atomic E-state index is 5.26. The lowest BCUT2D eigenvalue weighted by molar-refractivity contribution is -0.0924. The van der Waals surface area contributed by atoms with E-state index in [0.717, 1.165) is 24.2 Å². The Morgan fingerprint density at radius 2 is 1.89 bits per heavy atom. The molecule has 2 aromatic carbocycles. The molecule has 3 heteroatoms. The summed E-state index contributed by atoms with van der Waals surface area (Å²) in [5, 5.41) is 6.02. The van der Waals surface area contributed by atoms with Crippen molar-refractivity contribution >= 4 is 32.4 Å². The molecule has 0 saturated carbocycles. The minimum atomic E-state index is 0.300. The first-order chi connectivity index (χ1) is 8.65. The van der Waals surface area contributed by atoms with Crippen LogP contribution < -0.4 is 5.32 Å². The van der Waals surface area contributed by atoms with E-state index in [0.29, 0.717) is 5.41 Å². The third-order valence-electron chi connectivity index (χ3n) is 3.42. The predicted octanol–water partition coefficient (Wildman–Crippen LogP) is 4.05. The second kappa shape index (κ2) is 4.56. The molecule has 1 N–H and O–H groups in total. The number of ether oxygens (including phenoxy) is 1. The fourth-order valence-corrected chi connectivity index (χ4v) is 2.57. The van der Waals surface area contributed by atoms with Gasteiger partial charge in [-0.15, -0.1) is 0 Å². The van der Waals surface area contributed by atoms with E-state index in [1.807, 2.05) is 0 Å². The summed E-state index contributed by atoms with van der Waals surface area (Å²) in [6.07, 6.45) is 0. The highest BCUT2D eigenvalue weighted by Crippen LogP contribution is 2.28. The quantitative estimate of drug-likeness (QED) is 0.923. The molecule has 0 spiro atoms. The van der Waals surface area contributed by atoms with E-state index >= 15 is 0 Å². The Morgan fingerprint density at radius 3 is 2.61 bits per heavy atom. The molecule has 0 amide bonds. The zero-order valence-electron chi connectivity index (χ0n) is 10.4. The fraction of sp³-hybridized carbons (Fsp3) is 0.333. The molecule has 0 aromatic heterocycles. The average molecular weight is 306 g/mol. The molecular weight excluding hydrogens is 290 g/mol. The van der Waals surface area contributed by atoms with E-state index < -0.39 is 0 Å². The third kappa shape index (κ3) is 2.38. The molecule has 2 aromatic rings. The van der Waals surface area contributed by atoms with E-state index in [-0.39, 0.29) is 0 Å². The number of nitrogens with one attached hydrogen (secondary N) is 1. The van der Waals surface area contributed by atoms with Gasteiger partial charge in [0, 0.05) is 22.1 Å². The number of fused-ring (bicyclic) bond motifs is 1. The molecule has 1 aliphatic rings. The summed E-state index contributed by atoms with van der Waals surface area (Å²) in [6, 6.07) is 12.8. The number of halogens is 1. The fourth-order valence-electron chi connectivity index (χ4n) is 2.19. The normalized spacial score (nSPS) is 17.4. The van der Waals surface area contributed by atoms with Gasteiger partial charge in [0.2, 0.25) is 0 Å². The van der Waals surface area contributed by atoms with Gasteiger partial charge in [0.1, 0.15) is 0 Å². The van der Waals surface area contributed by atoms with E-state index in [2.05, 4.69) is 64.6 Å². The van der Waals surface area contributed by atoms with Crippen LogP contribution in [0.3, 0.4) is 0 Å². The number of benzene rings is 2. The standard InChI is InChI=1S/C15H16BrNO/c1-15(9-18-10-15)8-17-14-5-3-11-6-13(16)4-2-12(11)7-14/h2-7,17H,8-10H2,1H3. The molecule has 0 aliphatic carbocycles. The predicted molar refractivity (Wildman–Crippen MR) is 79.1 cm³/mol. The maximum Gasteiger partial charge on any atom is 0.0559 e. The van der Waals surface area contributed by atoms with Gasteiger partial charge in [-0.1, -0.05) is 35.0 Å². The minimum Gasteiger partial charge on any atom is -0.384 e. The highest BCUT2D eigenvalue weighted by atomic mass is 79.9. The molecule has 94 valence electrons. The van der Waals surface area contributed by atoms with E-state index in [9.17, 15) is 0 Å². The molecule has 1 fully saturated rings. The van der Waals surface area contributed by atoms with Crippen molar-refractivity contribution in [2.24, 2.45) is 5.41 Å². The molecule has 1 heterocycles. The number of rotatable bonds is 3. The molecule has 0 radical (unpaired) electrons. The van der Waals surface area contributed by atoms with Crippen LogP contribution in [-0.2, 0) is 4.74 Å². The topological polar surface area (TPSA) is 21.3 Å². The lowest BCUT2D eigenvalue weighted by Gasteiger charge is -2.38. The van der Waals surface area contributed by atoms with Crippen molar-refractivity contribution in [2.75, 3.05) is 25.1 Å². The van der Waals surface area contributed by atoms with Crippen molar-refractivity contribution in [1.29, 1.82) is 0 Å². The summed E-state index contributed by atoms with van der Waals surface area (Å²) in [7, 11) is 0. The lowest BCUT2D eigenvalue weighted by Crippen LogP contribution is -2.45. The second-order valence-corrected chi connectivity index (χ2v) is 6.28. The van der Waals surface area contributed by atoms with E-state index in [1.165, 1.54) is 16.5 Å². The summed E-state index contributed by atoms with van der Waals surface area (Å²) in [5.41, 5.74) is 1.48. The Morgan fingerprint density at radius 1 is 1.17 bits per heavy atom. The molecule has 3 rings (SSSR count). The summed E-state index contributed by atoms with van der Waals surface area (Å²) in [4.78, 5) is 0. The van der Waals surface area contributed by atoms with Crippen LogP contribution in [0.4, 0.5) is 5.69 Å². The Hall–Kier alpha value is -1.06. The van der Waals surface area contributed by atoms with Crippen LogP contribution in [0, 0.1) is 5.41 Å². The van der Waals surface area contributed by atoms with Crippen molar-refractivity contribution in [3.05, 3.63) is 40.9 Å². The Labute approximate surface area is 115 Å². The molecule has 1 saturated heterocycles. The van der Waals surface area contributed by atoms with Crippen LogP contribution in [0.1, 0.15) is 6.92 Å². The van der Waals surface area contributed by atoms with Gasteiger partial charge in [-0.25, -0.2) is 0 Å². The largest absolute Gasteiger partial charge is 0.384 e. The molecule has 1 aliphatic heterocycles. The molecule has 0 unspecified atom stereocenters. The maximum absolute atomic E-state index is 5.26. The average Bonchev–Trinajstić information content (AvgIpc) is 2.34. The van der Waals surface area contributed by atoms with Crippen LogP contribution in [0.5, 0.6) is 0 Å². The van der Waals surface area contributed by atoms with Gasteiger partial charge in [0.15, 0.2) is 0 Å². The first-order valence-electron chi connectivity index (χ1n) is 6.16. The number of anilines is 1. The summed E-state index contributed by atoms with van der Waals surface area (Å²) >= 11 is 3.50. The number of hydrogen-bond donors (Lipinski definition) is 1. The lowest BCUT2D eigenvalue weighted by atomic mass is 9.88. The van der Waals surface area contributed by atoms with Crippen LogP contribution in [0.2, 0.25) is 0 Å². The van der Waals surface area contributed by atoms with Gasteiger partial charge in [-0.2, -0.15) is 0 Å². The monoisotopic (exact) mass is 305 g/mol. The Bertz CT molecular complexity index is 578. The molecular formula is C15H16BrNO. The summed E-state index contributed by atoms with van der Waals surface area (Å²) in [6.45, 7) is 4.94. The van der Waals surface area contributed by atoms with Gasteiger partial charge in [0.25, 0.3) is 0 Å². The molecule has 18 heavy (non-hydrogen) atoms. The van der Waals surface area contributed by atoms with Crippen LogP contribution >= 0.6 is 15.9 Å². The highest BCUT2D eigenvalue weighted by molar-refractivity contribution is 9.10. The van der Waals surface area contributed by atoms with Crippen LogP contribution in [0.25, 0.3) is 10.8 Å². The second-order valence-electron chi connectivity index (χ2n) is 5.36. The van der Waals surface area contributed by atoms with E-state index in [4.69, 9.17) is 4.74 Å². The van der Waals surface area contributed by atoms with Gasteiger partial charge in [-0.3, -0.25) is 0 Å². The van der Waals surface area contributed by atoms with Crippen molar-refractivity contribution in [2.45, 2.75) is 6.92 Å². The Kier molecular flexibility index (Phi) is 3.04.